The lowest BCUT2D eigenvalue weighted by atomic mass is 9.77. The monoisotopic (exact) mass is 884 g/mol. The summed E-state index contributed by atoms with van der Waals surface area (Å²) in [6.07, 6.45) is 0.454. The first-order valence-corrected chi connectivity index (χ1v) is 21.5. The SMILES string of the molecule is CCOC(OCC)[C@@H](C)[C@H](NC(=O)C(CC(=O)NC(c1ccccc1)(c1ccccc1)c1ccccc1)NC(=O)CONC(=O)NCc1ccc(Cl)cc1)c1cccc2cccnc12. The molecular weight excluding hydrogens is 832 g/mol. The maximum Gasteiger partial charge on any atom is 0.338 e. The summed E-state index contributed by atoms with van der Waals surface area (Å²) >= 11 is 5.97. The maximum absolute atomic E-state index is 14.8. The van der Waals surface area contributed by atoms with Gasteiger partial charge in [0.1, 0.15) is 11.6 Å². The predicted molar refractivity (Wildman–Crippen MR) is 246 cm³/mol. The van der Waals surface area contributed by atoms with Crippen molar-refractivity contribution in [2.75, 3.05) is 19.8 Å². The average Bonchev–Trinajstić information content (AvgIpc) is 3.32. The molecule has 5 N–H and O–H groups in total. The molecule has 0 radical (unpaired) electrons. The number of halogens is 1. The zero-order chi connectivity index (χ0) is 45.3. The number of rotatable bonds is 21. The van der Waals surface area contributed by atoms with Crippen LogP contribution in [0.25, 0.3) is 10.9 Å². The number of nitrogens with zero attached hydrogens (tertiary/aromatic N) is 1. The van der Waals surface area contributed by atoms with Crippen molar-refractivity contribution in [1.82, 2.24) is 31.7 Å². The summed E-state index contributed by atoms with van der Waals surface area (Å²) in [7, 11) is 0. The van der Waals surface area contributed by atoms with Crippen LogP contribution >= 0.6 is 11.6 Å². The highest BCUT2D eigenvalue weighted by molar-refractivity contribution is 6.30. The Balaban J connectivity index is 1.30. The lowest BCUT2D eigenvalue weighted by Gasteiger charge is -2.37. The third-order valence-electron chi connectivity index (χ3n) is 10.6. The molecule has 0 aliphatic rings. The smallest absolute Gasteiger partial charge is 0.338 e. The Kier molecular flexibility index (Phi) is 17.0. The lowest BCUT2D eigenvalue weighted by molar-refractivity contribution is -0.170. The van der Waals surface area contributed by atoms with Gasteiger partial charge in [-0.05, 0) is 54.3 Å². The highest BCUT2D eigenvalue weighted by atomic mass is 35.5. The summed E-state index contributed by atoms with van der Waals surface area (Å²) in [5, 5.41) is 13.2. The van der Waals surface area contributed by atoms with Gasteiger partial charge in [-0.25, -0.2) is 10.3 Å². The molecule has 0 saturated heterocycles. The summed E-state index contributed by atoms with van der Waals surface area (Å²) in [6, 6.07) is 42.1. The number of hydroxylamine groups is 1. The van der Waals surface area contributed by atoms with E-state index in [0.29, 0.717) is 29.3 Å². The van der Waals surface area contributed by atoms with Crippen molar-refractivity contribution < 1.29 is 33.5 Å². The van der Waals surface area contributed by atoms with Crippen LogP contribution in [0.5, 0.6) is 0 Å². The third-order valence-corrected chi connectivity index (χ3v) is 10.9. The Morgan fingerprint density at radius 1 is 0.688 bits per heavy atom. The number of hydrogen-bond acceptors (Lipinski definition) is 8. The van der Waals surface area contributed by atoms with Crippen LogP contribution in [0.4, 0.5) is 4.79 Å². The Labute approximate surface area is 378 Å². The van der Waals surface area contributed by atoms with Gasteiger partial charge in [0.25, 0.3) is 0 Å². The third kappa shape index (κ3) is 12.1. The molecule has 0 spiro atoms. The van der Waals surface area contributed by atoms with Crippen LogP contribution in [0.1, 0.15) is 61.1 Å². The molecule has 0 aliphatic carbocycles. The van der Waals surface area contributed by atoms with Crippen molar-refractivity contribution >= 4 is 46.3 Å². The van der Waals surface area contributed by atoms with E-state index in [2.05, 4.69) is 31.7 Å². The number of carbonyl (C=O) groups is 4. The Hall–Kier alpha value is -6.64. The van der Waals surface area contributed by atoms with Crippen molar-refractivity contribution in [2.24, 2.45) is 5.92 Å². The van der Waals surface area contributed by atoms with E-state index in [4.69, 9.17) is 25.9 Å². The van der Waals surface area contributed by atoms with Gasteiger partial charge in [0.15, 0.2) is 12.9 Å². The molecule has 1 aromatic heterocycles. The van der Waals surface area contributed by atoms with Crippen molar-refractivity contribution in [3.8, 4) is 0 Å². The first-order chi connectivity index (χ1) is 31.1. The van der Waals surface area contributed by atoms with E-state index in [0.717, 1.165) is 27.6 Å². The second kappa shape index (κ2) is 23.2. The number of ether oxygens (including phenoxy) is 2. The van der Waals surface area contributed by atoms with Gasteiger partial charge >= 0.3 is 6.03 Å². The van der Waals surface area contributed by atoms with Crippen LogP contribution < -0.4 is 26.7 Å². The molecule has 0 fully saturated rings. The number of carbonyl (C=O) groups excluding carboxylic acids is 4. The minimum Gasteiger partial charge on any atom is -0.353 e. The van der Waals surface area contributed by atoms with Crippen molar-refractivity contribution in [3.63, 3.8) is 0 Å². The Bertz CT molecular complexity index is 2340. The molecule has 14 heteroatoms. The van der Waals surface area contributed by atoms with E-state index in [1.54, 1.807) is 30.5 Å². The van der Waals surface area contributed by atoms with Gasteiger partial charge in [0.2, 0.25) is 17.7 Å². The van der Waals surface area contributed by atoms with Gasteiger partial charge in [0, 0.05) is 47.8 Å². The van der Waals surface area contributed by atoms with E-state index in [1.165, 1.54) is 0 Å². The first-order valence-electron chi connectivity index (χ1n) is 21.2. The van der Waals surface area contributed by atoms with Crippen LogP contribution in [0.15, 0.2) is 152 Å². The number of hydrogen-bond donors (Lipinski definition) is 5. The fraction of sp³-hybridized carbons (Fsp3) is 0.260. The van der Waals surface area contributed by atoms with Gasteiger partial charge in [-0.3, -0.25) is 24.2 Å². The molecule has 6 aromatic rings. The van der Waals surface area contributed by atoms with E-state index in [9.17, 15) is 19.2 Å². The number of para-hydroxylation sites is 1. The molecule has 64 heavy (non-hydrogen) atoms. The summed E-state index contributed by atoms with van der Waals surface area (Å²) < 4.78 is 12.1. The highest BCUT2D eigenvalue weighted by Gasteiger charge is 2.40. The minimum atomic E-state index is -1.44. The van der Waals surface area contributed by atoms with Crippen LogP contribution in [-0.2, 0) is 40.8 Å². The summed E-state index contributed by atoms with van der Waals surface area (Å²) in [5.41, 5.74) is 5.44. The molecule has 0 saturated carbocycles. The number of nitrogens with one attached hydrogen (secondary N) is 5. The summed E-state index contributed by atoms with van der Waals surface area (Å²) in [5.74, 6) is -2.47. The number of benzene rings is 5. The minimum absolute atomic E-state index is 0.172. The molecular formula is C50H53ClN6O7. The van der Waals surface area contributed by atoms with Gasteiger partial charge < -0.3 is 30.7 Å². The van der Waals surface area contributed by atoms with Crippen molar-refractivity contribution in [2.45, 2.75) is 57.6 Å². The molecule has 5 aromatic carbocycles. The summed E-state index contributed by atoms with van der Waals surface area (Å²) in [6.45, 7) is 5.81. The maximum atomic E-state index is 14.8. The highest BCUT2D eigenvalue weighted by Crippen LogP contribution is 2.37. The standard InChI is InChI=1S/C50H53ClN6O7/c1-4-62-48(63-5-2)34(3)45(41-25-15-17-36-18-16-30-52-46(36)41)55-47(60)42(54-44(59)33-64-57-49(61)53-32-35-26-28-40(51)29-27-35)31-43(58)56-50(37-19-9-6-10-20-37,38-21-11-7-12-22-38)39-23-13-8-14-24-39/h6-30,34,42,45,48H,4-5,31-33H2,1-3H3,(H,54,59)(H,55,60)(H,56,58)(H2,53,57,61)/t34-,42?,45-/m0/s1. The molecule has 1 heterocycles. The molecule has 332 valence electrons. The first kappa shape index (κ1) is 46.9. The Morgan fingerprint density at radius 3 is 1.84 bits per heavy atom. The molecule has 1 unspecified atom stereocenters. The van der Waals surface area contributed by atoms with E-state index >= 15 is 0 Å². The zero-order valence-corrected chi connectivity index (χ0v) is 36.7. The zero-order valence-electron chi connectivity index (χ0n) is 36.0. The van der Waals surface area contributed by atoms with Crippen molar-refractivity contribution in [3.05, 3.63) is 185 Å². The Morgan fingerprint density at radius 2 is 1.27 bits per heavy atom. The van der Waals surface area contributed by atoms with Crippen LogP contribution in [0.3, 0.4) is 0 Å². The number of pyridine rings is 1. The molecule has 0 aliphatic heterocycles. The topological polar surface area (TPSA) is 169 Å². The molecule has 3 atom stereocenters. The molecule has 6 rings (SSSR count). The van der Waals surface area contributed by atoms with E-state index < -0.39 is 66.6 Å². The number of urea groups is 1. The van der Waals surface area contributed by atoms with Crippen molar-refractivity contribution in [1.29, 1.82) is 0 Å². The fourth-order valence-corrected chi connectivity index (χ4v) is 7.75. The molecule has 5 amide bonds. The van der Waals surface area contributed by atoms with Gasteiger partial charge in [-0.15, -0.1) is 0 Å². The average molecular weight is 885 g/mol. The second-order valence-corrected chi connectivity index (χ2v) is 15.4. The van der Waals surface area contributed by atoms with Crippen LogP contribution in [0, 0.1) is 5.92 Å². The predicted octanol–water partition coefficient (Wildman–Crippen LogP) is 7.49. The second-order valence-electron chi connectivity index (χ2n) is 15.0. The van der Waals surface area contributed by atoms with Crippen LogP contribution in [0.2, 0.25) is 5.02 Å². The molecule has 0 bridgehead atoms. The van der Waals surface area contributed by atoms with Gasteiger partial charge in [-0.2, -0.15) is 0 Å². The number of amides is 5. The fourth-order valence-electron chi connectivity index (χ4n) is 7.62. The quantitative estimate of drug-likeness (QED) is 0.0282. The van der Waals surface area contributed by atoms with E-state index in [1.807, 2.05) is 142 Å². The van der Waals surface area contributed by atoms with Gasteiger partial charge in [0.05, 0.1) is 18.0 Å². The lowest BCUT2D eigenvalue weighted by Crippen LogP contribution is -2.54. The van der Waals surface area contributed by atoms with Gasteiger partial charge in [-0.1, -0.05) is 146 Å². The number of fused-ring (bicyclic) bond motifs is 1. The largest absolute Gasteiger partial charge is 0.353 e. The normalized spacial score (nSPS) is 12.8. The summed E-state index contributed by atoms with van der Waals surface area (Å²) in [4.78, 5) is 65.7. The van der Waals surface area contributed by atoms with E-state index in [-0.39, 0.29) is 6.54 Å². The van der Waals surface area contributed by atoms with Crippen LogP contribution in [-0.4, -0.2) is 60.9 Å². The molecule has 13 nitrogen and oxygen atoms in total. The number of aromatic nitrogens is 1.